The highest BCUT2D eigenvalue weighted by Crippen LogP contribution is 2.26. The Bertz CT molecular complexity index is 422. The van der Waals surface area contributed by atoms with E-state index in [9.17, 15) is 4.39 Å². The van der Waals surface area contributed by atoms with Crippen LogP contribution in [0.5, 0.6) is 0 Å². The number of thiophene rings is 1. The first-order valence-electron chi connectivity index (χ1n) is 5.35. The topological polar surface area (TPSA) is 12.0 Å². The van der Waals surface area contributed by atoms with Crippen molar-refractivity contribution < 1.29 is 4.39 Å². The van der Waals surface area contributed by atoms with Crippen molar-refractivity contribution >= 4 is 17.0 Å². The molecule has 0 radical (unpaired) electrons. The van der Waals surface area contributed by atoms with Crippen LogP contribution in [0.25, 0.3) is 0 Å². The van der Waals surface area contributed by atoms with Crippen molar-refractivity contribution in [1.82, 2.24) is 0 Å². The quantitative estimate of drug-likeness (QED) is 0.825. The third-order valence-electron chi connectivity index (χ3n) is 2.48. The first-order chi connectivity index (χ1) is 7.79. The van der Waals surface area contributed by atoms with E-state index in [2.05, 4.69) is 29.8 Å². The summed E-state index contributed by atoms with van der Waals surface area (Å²) < 4.78 is 12.8. The van der Waals surface area contributed by atoms with Crippen molar-refractivity contribution in [3.8, 4) is 0 Å². The van der Waals surface area contributed by atoms with Gasteiger partial charge in [-0.05, 0) is 42.1 Å². The normalized spacial score (nSPS) is 12.4. The number of nitrogens with one attached hydrogen (secondary N) is 1. The predicted octanol–water partition coefficient (Wildman–Crippen LogP) is 4.45. The Morgan fingerprint density at radius 2 is 2.00 bits per heavy atom. The van der Waals surface area contributed by atoms with Crippen LogP contribution in [0, 0.1) is 5.82 Å². The van der Waals surface area contributed by atoms with Gasteiger partial charge in [-0.3, -0.25) is 0 Å². The second kappa shape index (κ2) is 5.12. The summed E-state index contributed by atoms with van der Waals surface area (Å²) in [6.45, 7) is 2.14. The van der Waals surface area contributed by atoms with E-state index < -0.39 is 0 Å². The van der Waals surface area contributed by atoms with Gasteiger partial charge in [0.15, 0.2) is 0 Å². The molecule has 0 saturated carbocycles. The lowest BCUT2D eigenvalue weighted by Crippen LogP contribution is -2.07. The molecule has 1 aromatic heterocycles. The molecule has 0 fully saturated rings. The van der Waals surface area contributed by atoms with Crippen molar-refractivity contribution in [3.05, 3.63) is 52.5 Å². The molecular formula is C13H14FNS. The zero-order chi connectivity index (χ0) is 11.4. The van der Waals surface area contributed by atoms with Crippen LogP contribution in [0.15, 0.2) is 41.8 Å². The van der Waals surface area contributed by atoms with Crippen molar-refractivity contribution in [2.24, 2.45) is 0 Å². The second-order valence-electron chi connectivity index (χ2n) is 3.63. The van der Waals surface area contributed by atoms with Gasteiger partial charge < -0.3 is 5.32 Å². The van der Waals surface area contributed by atoms with E-state index in [1.54, 1.807) is 23.5 Å². The molecule has 0 amide bonds. The van der Waals surface area contributed by atoms with Gasteiger partial charge in [-0.2, -0.15) is 0 Å². The van der Waals surface area contributed by atoms with Gasteiger partial charge in [0.1, 0.15) is 5.82 Å². The summed E-state index contributed by atoms with van der Waals surface area (Å²) in [5.74, 6) is -0.199. The Kier molecular flexibility index (Phi) is 3.57. The predicted molar refractivity (Wildman–Crippen MR) is 67.4 cm³/mol. The fourth-order valence-electron chi connectivity index (χ4n) is 1.61. The Labute approximate surface area is 98.9 Å². The zero-order valence-corrected chi connectivity index (χ0v) is 9.93. The third-order valence-corrected chi connectivity index (χ3v) is 3.47. The lowest BCUT2D eigenvalue weighted by atomic mass is 10.1. The van der Waals surface area contributed by atoms with Crippen LogP contribution >= 0.6 is 11.3 Å². The highest BCUT2D eigenvalue weighted by Gasteiger charge is 2.09. The van der Waals surface area contributed by atoms with Gasteiger partial charge in [0.05, 0.1) is 6.04 Å². The summed E-state index contributed by atoms with van der Waals surface area (Å²) >= 11 is 1.74. The van der Waals surface area contributed by atoms with E-state index in [0.29, 0.717) is 6.04 Å². The minimum absolute atomic E-state index is 0.199. The number of halogens is 1. The molecule has 84 valence electrons. The fraction of sp³-hybridized carbons (Fsp3) is 0.231. The van der Waals surface area contributed by atoms with Gasteiger partial charge >= 0.3 is 0 Å². The van der Waals surface area contributed by atoms with Crippen LogP contribution < -0.4 is 5.32 Å². The Balaban J connectivity index is 2.10. The van der Waals surface area contributed by atoms with E-state index in [1.807, 2.05) is 0 Å². The molecular weight excluding hydrogens is 221 g/mol. The summed E-state index contributed by atoms with van der Waals surface area (Å²) in [4.78, 5) is 1.31. The highest BCUT2D eigenvalue weighted by molar-refractivity contribution is 7.10. The third kappa shape index (κ3) is 2.61. The highest BCUT2D eigenvalue weighted by atomic mass is 32.1. The zero-order valence-electron chi connectivity index (χ0n) is 9.11. The van der Waals surface area contributed by atoms with Crippen LogP contribution in [0.1, 0.15) is 24.3 Å². The molecule has 2 aromatic rings. The summed E-state index contributed by atoms with van der Waals surface area (Å²) in [5, 5.41) is 5.48. The Morgan fingerprint density at radius 3 is 2.56 bits per heavy atom. The number of anilines is 1. The van der Waals surface area contributed by atoms with Crippen LogP contribution in [-0.4, -0.2) is 0 Å². The van der Waals surface area contributed by atoms with Crippen LogP contribution in [0.3, 0.4) is 0 Å². The van der Waals surface area contributed by atoms with Crippen molar-refractivity contribution in [2.75, 3.05) is 5.32 Å². The molecule has 1 N–H and O–H groups in total. The fourth-order valence-corrected chi connectivity index (χ4v) is 2.47. The van der Waals surface area contributed by atoms with E-state index in [-0.39, 0.29) is 5.82 Å². The summed E-state index contributed by atoms with van der Waals surface area (Å²) in [6.07, 6.45) is 1.01. The first-order valence-corrected chi connectivity index (χ1v) is 6.23. The maximum atomic E-state index is 12.8. The molecule has 0 bridgehead atoms. The Morgan fingerprint density at radius 1 is 1.25 bits per heavy atom. The first kappa shape index (κ1) is 11.1. The van der Waals surface area contributed by atoms with Gasteiger partial charge in [0.2, 0.25) is 0 Å². The largest absolute Gasteiger partial charge is 0.377 e. The summed E-state index contributed by atoms with van der Waals surface area (Å²) in [7, 11) is 0. The number of hydrogen-bond donors (Lipinski definition) is 1. The average molecular weight is 235 g/mol. The summed E-state index contributed by atoms with van der Waals surface area (Å²) in [6, 6.07) is 11.0. The molecule has 1 unspecified atom stereocenters. The van der Waals surface area contributed by atoms with E-state index in [0.717, 1.165) is 12.1 Å². The van der Waals surface area contributed by atoms with E-state index in [4.69, 9.17) is 0 Å². The molecule has 0 aliphatic rings. The van der Waals surface area contributed by atoms with Crippen molar-refractivity contribution in [1.29, 1.82) is 0 Å². The molecule has 1 heterocycles. The maximum Gasteiger partial charge on any atom is 0.123 e. The van der Waals surface area contributed by atoms with Gasteiger partial charge in [0, 0.05) is 10.6 Å². The monoisotopic (exact) mass is 235 g/mol. The van der Waals surface area contributed by atoms with Gasteiger partial charge in [-0.25, -0.2) is 4.39 Å². The smallest absolute Gasteiger partial charge is 0.123 e. The molecule has 16 heavy (non-hydrogen) atoms. The number of hydrogen-bond acceptors (Lipinski definition) is 2. The van der Waals surface area contributed by atoms with Crippen molar-refractivity contribution in [2.45, 2.75) is 19.4 Å². The van der Waals surface area contributed by atoms with Crippen molar-refractivity contribution in [3.63, 3.8) is 0 Å². The SMILES string of the molecule is CCC(Nc1ccc(F)cc1)c1cccs1. The standard InChI is InChI=1S/C13H14FNS/c1-2-12(13-4-3-9-16-13)15-11-7-5-10(14)6-8-11/h3-9,12,15H,2H2,1H3. The average Bonchev–Trinajstić information content (AvgIpc) is 2.82. The van der Waals surface area contributed by atoms with E-state index >= 15 is 0 Å². The minimum Gasteiger partial charge on any atom is -0.377 e. The molecule has 0 aliphatic carbocycles. The second-order valence-corrected chi connectivity index (χ2v) is 4.61. The molecule has 0 aliphatic heterocycles. The number of benzene rings is 1. The van der Waals surface area contributed by atoms with Gasteiger partial charge in [-0.15, -0.1) is 11.3 Å². The van der Waals surface area contributed by atoms with Crippen LogP contribution in [0.4, 0.5) is 10.1 Å². The van der Waals surface area contributed by atoms with Gasteiger partial charge in [-0.1, -0.05) is 13.0 Å². The molecule has 1 nitrogen and oxygen atoms in total. The molecule has 0 saturated heterocycles. The molecule has 1 atom stereocenters. The maximum absolute atomic E-state index is 12.8. The molecule has 0 spiro atoms. The van der Waals surface area contributed by atoms with Crippen LogP contribution in [0.2, 0.25) is 0 Å². The molecule has 3 heteroatoms. The lowest BCUT2D eigenvalue weighted by molar-refractivity contribution is 0.627. The molecule has 2 rings (SSSR count). The Hall–Kier alpha value is -1.35. The lowest BCUT2D eigenvalue weighted by Gasteiger charge is -2.16. The van der Waals surface area contributed by atoms with E-state index in [1.165, 1.54) is 17.0 Å². The van der Waals surface area contributed by atoms with Gasteiger partial charge in [0.25, 0.3) is 0 Å². The number of rotatable bonds is 4. The molecule has 1 aromatic carbocycles. The summed E-state index contributed by atoms with van der Waals surface area (Å²) in [5.41, 5.74) is 0.960. The van der Waals surface area contributed by atoms with Crippen LogP contribution in [-0.2, 0) is 0 Å². The minimum atomic E-state index is -0.199.